The van der Waals surface area contributed by atoms with E-state index in [4.69, 9.17) is 0 Å². The Labute approximate surface area is 53.0 Å². The number of nitro groups is 1. The fourth-order valence-electron chi connectivity index (χ4n) is 0.642. The first-order valence-corrected chi connectivity index (χ1v) is 2.87. The minimum atomic E-state index is -1.34. The van der Waals surface area contributed by atoms with Crippen molar-refractivity contribution in [3.8, 4) is 0 Å². The molecule has 0 aliphatic rings. The molecule has 4 heteroatoms. The lowest BCUT2D eigenvalue weighted by Gasteiger charge is -2.05. The third kappa shape index (κ3) is 2.39. The third-order valence-electron chi connectivity index (χ3n) is 1.22. The van der Waals surface area contributed by atoms with Crippen molar-refractivity contribution in [2.75, 3.05) is 0 Å². The summed E-state index contributed by atoms with van der Waals surface area (Å²) in [5.74, 6) is 0. The highest BCUT2D eigenvalue weighted by Gasteiger charge is 2.24. The minimum Gasteiger partial charge on any atom is -0.264 e. The van der Waals surface area contributed by atoms with Gasteiger partial charge in [0.2, 0.25) is 6.04 Å². The van der Waals surface area contributed by atoms with Crippen molar-refractivity contribution in [2.45, 2.75) is 32.5 Å². The van der Waals surface area contributed by atoms with E-state index in [1.54, 1.807) is 6.92 Å². The molecule has 0 bridgehead atoms. The van der Waals surface area contributed by atoms with E-state index in [1.165, 1.54) is 6.92 Å². The molecule has 0 saturated heterocycles. The van der Waals surface area contributed by atoms with Crippen LogP contribution < -0.4 is 0 Å². The van der Waals surface area contributed by atoms with Gasteiger partial charge < -0.3 is 0 Å². The molecule has 0 fully saturated rings. The number of alkyl halides is 1. The lowest BCUT2D eigenvalue weighted by Crippen LogP contribution is -2.27. The van der Waals surface area contributed by atoms with Crippen molar-refractivity contribution >= 4 is 0 Å². The molecule has 0 aliphatic carbocycles. The molecule has 0 radical (unpaired) electrons. The molecule has 2 atom stereocenters. The van der Waals surface area contributed by atoms with Crippen LogP contribution in [0.5, 0.6) is 0 Å². The van der Waals surface area contributed by atoms with Crippen molar-refractivity contribution in [1.82, 2.24) is 0 Å². The van der Waals surface area contributed by atoms with Gasteiger partial charge in [-0.05, 0) is 6.92 Å². The summed E-state index contributed by atoms with van der Waals surface area (Å²) in [6.07, 6.45) is -1.09. The average molecular weight is 135 g/mol. The fourth-order valence-corrected chi connectivity index (χ4v) is 0.642. The standard InChI is InChI=1S/C5H10FNO2/c1-3-5(4(2)6)7(8)9/h4-5H,3H2,1-2H3/t4?,5-/m0/s1. The molecule has 3 nitrogen and oxygen atoms in total. The van der Waals surface area contributed by atoms with Gasteiger partial charge in [-0.2, -0.15) is 0 Å². The van der Waals surface area contributed by atoms with E-state index in [2.05, 4.69) is 0 Å². The molecule has 0 aliphatic heterocycles. The Morgan fingerprint density at radius 3 is 2.22 bits per heavy atom. The smallest absolute Gasteiger partial charge is 0.243 e. The Morgan fingerprint density at radius 1 is 1.78 bits per heavy atom. The zero-order valence-corrected chi connectivity index (χ0v) is 5.50. The maximum absolute atomic E-state index is 12.2. The van der Waals surface area contributed by atoms with E-state index < -0.39 is 17.1 Å². The molecule has 0 aromatic rings. The summed E-state index contributed by atoms with van der Waals surface area (Å²) in [4.78, 5) is 9.36. The predicted octanol–water partition coefficient (Wildman–Crippen LogP) is 1.40. The fraction of sp³-hybridized carbons (Fsp3) is 1.00. The Morgan fingerprint density at radius 2 is 2.22 bits per heavy atom. The number of halogens is 1. The van der Waals surface area contributed by atoms with Crippen LogP contribution in [0.3, 0.4) is 0 Å². The van der Waals surface area contributed by atoms with Crippen molar-refractivity contribution in [3.63, 3.8) is 0 Å². The summed E-state index contributed by atoms with van der Waals surface area (Å²) in [7, 11) is 0. The van der Waals surface area contributed by atoms with Crippen LogP contribution >= 0.6 is 0 Å². The van der Waals surface area contributed by atoms with Crippen molar-refractivity contribution in [1.29, 1.82) is 0 Å². The maximum Gasteiger partial charge on any atom is 0.243 e. The second-order valence-electron chi connectivity index (χ2n) is 1.94. The Hall–Kier alpha value is -0.670. The SMILES string of the molecule is CC[C@@H](C(C)F)[N+](=O)[O-]. The van der Waals surface area contributed by atoms with E-state index in [9.17, 15) is 14.5 Å². The van der Waals surface area contributed by atoms with E-state index in [0.29, 0.717) is 0 Å². The molecule has 0 amide bonds. The van der Waals surface area contributed by atoms with Gasteiger partial charge in [0.1, 0.15) is 0 Å². The van der Waals surface area contributed by atoms with E-state index in [1.807, 2.05) is 0 Å². The molecule has 0 aromatic heterocycles. The lowest BCUT2D eigenvalue weighted by molar-refractivity contribution is -0.530. The summed E-state index contributed by atoms with van der Waals surface area (Å²) in [5.41, 5.74) is 0. The number of hydrogen-bond donors (Lipinski definition) is 0. The van der Waals surface area contributed by atoms with Gasteiger partial charge in [0, 0.05) is 11.3 Å². The highest BCUT2D eigenvalue weighted by atomic mass is 19.1. The summed E-state index contributed by atoms with van der Waals surface area (Å²) in [6.45, 7) is 2.81. The first-order chi connectivity index (χ1) is 4.09. The first-order valence-electron chi connectivity index (χ1n) is 2.87. The van der Waals surface area contributed by atoms with Crippen LogP contribution in [0.4, 0.5) is 4.39 Å². The van der Waals surface area contributed by atoms with Gasteiger partial charge in [-0.15, -0.1) is 0 Å². The predicted molar refractivity (Wildman–Crippen MR) is 31.6 cm³/mol. The number of nitrogens with zero attached hydrogens (tertiary/aromatic N) is 1. The molecule has 0 rings (SSSR count). The highest BCUT2D eigenvalue weighted by molar-refractivity contribution is 4.59. The van der Waals surface area contributed by atoms with Gasteiger partial charge >= 0.3 is 0 Å². The Balaban J connectivity index is 3.83. The Bertz CT molecular complexity index is 105. The van der Waals surface area contributed by atoms with Gasteiger partial charge in [-0.25, -0.2) is 4.39 Å². The number of rotatable bonds is 3. The average Bonchev–Trinajstić information content (AvgIpc) is 1.64. The molecular formula is C5H10FNO2. The third-order valence-corrected chi connectivity index (χ3v) is 1.22. The van der Waals surface area contributed by atoms with Crippen molar-refractivity contribution in [2.24, 2.45) is 0 Å². The Kier molecular flexibility index (Phi) is 3.12. The monoisotopic (exact) mass is 135 g/mol. The van der Waals surface area contributed by atoms with Crippen LogP contribution in [0.15, 0.2) is 0 Å². The van der Waals surface area contributed by atoms with Crippen LogP contribution in [0.1, 0.15) is 20.3 Å². The van der Waals surface area contributed by atoms with Gasteiger partial charge in [0.05, 0.1) is 0 Å². The second-order valence-corrected chi connectivity index (χ2v) is 1.94. The van der Waals surface area contributed by atoms with Crippen LogP contribution in [-0.2, 0) is 0 Å². The molecule has 0 aromatic carbocycles. The van der Waals surface area contributed by atoms with Crippen molar-refractivity contribution in [3.05, 3.63) is 10.1 Å². The molecule has 0 N–H and O–H groups in total. The summed E-state index contributed by atoms with van der Waals surface area (Å²) in [6, 6.07) is -1.02. The molecule has 0 heterocycles. The summed E-state index contributed by atoms with van der Waals surface area (Å²) < 4.78 is 12.2. The van der Waals surface area contributed by atoms with Crippen LogP contribution in [0.2, 0.25) is 0 Å². The zero-order valence-electron chi connectivity index (χ0n) is 5.50. The largest absolute Gasteiger partial charge is 0.264 e. The van der Waals surface area contributed by atoms with Gasteiger partial charge in [0.15, 0.2) is 6.17 Å². The highest BCUT2D eigenvalue weighted by Crippen LogP contribution is 2.05. The van der Waals surface area contributed by atoms with Gasteiger partial charge in [-0.3, -0.25) is 10.1 Å². The van der Waals surface area contributed by atoms with E-state index in [-0.39, 0.29) is 6.42 Å². The topological polar surface area (TPSA) is 43.1 Å². The van der Waals surface area contributed by atoms with Crippen LogP contribution in [0.25, 0.3) is 0 Å². The summed E-state index contributed by atoms with van der Waals surface area (Å²) >= 11 is 0. The van der Waals surface area contributed by atoms with E-state index in [0.717, 1.165) is 0 Å². The quantitative estimate of drug-likeness (QED) is 0.433. The zero-order chi connectivity index (χ0) is 7.44. The molecule has 0 saturated carbocycles. The van der Waals surface area contributed by atoms with Gasteiger partial charge in [0.25, 0.3) is 0 Å². The van der Waals surface area contributed by atoms with Crippen LogP contribution in [0, 0.1) is 10.1 Å². The minimum absolute atomic E-state index is 0.255. The van der Waals surface area contributed by atoms with E-state index >= 15 is 0 Å². The van der Waals surface area contributed by atoms with Crippen LogP contribution in [-0.4, -0.2) is 17.1 Å². The maximum atomic E-state index is 12.2. The lowest BCUT2D eigenvalue weighted by atomic mass is 10.2. The number of hydrogen-bond acceptors (Lipinski definition) is 2. The molecule has 54 valence electrons. The first kappa shape index (κ1) is 8.33. The molecule has 9 heavy (non-hydrogen) atoms. The van der Waals surface area contributed by atoms with Gasteiger partial charge in [-0.1, -0.05) is 6.92 Å². The molecule has 1 unspecified atom stereocenters. The molecule has 0 spiro atoms. The second kappa shape index (κ2) is 3.37. The summed E-state index contributed by atoms with van der Waals surface area (Å²) in [5, 5.41) is 9.94. The molecular weight excluding hydrogens is 125 g/mol. The van der Waals surface area contributed by atoms with Crippen molar-refractivity contribution < 1.29 is 9.31 Å². The normalized spacial score (nSPS) is 16.8.